The van der Waals surface area contributed by atoms with Crippen molar-refractivity contribution >= 4 is 17.9 Å². The topological polar surface area (TPSA) is 78.9 Å². The van der Waals surface area contributed by atoms with Gasteiger partial charge in [0.15, 0.2) is 6.10 Å². The average molecular weight is 976 g/mol. The van der Waals surface area contributed by atoms with Gasteiger partial charge in [0.1, 0.15) is 13.2 Å². The molecule has 0 aliphatic carbocycles. The van der Waals surface area contributed by atoms with E-state index < -0.39 is 6.10 Å². The van der Waals surface area contributed by atoms with Crippen LogP contribution in [0.3, 0.4) is 0 Å². The van der Waals surface area contributed by atoms with E-state index in [2.05, 4.69) is 34.6 Å². The van der Waals surface area contributed by atoms with Crippen molar-refractivity contribution < 1.29 is 28.6 Å². The van der Waals surface area contributed by atoms with Crippen LogP contribution < -0.4 is 0 Å². The molecule has 410 valence electrons. The van der Waals surface area contributed by atoms with Crippen LogP contribution in [0.5, 0.6) is 0 Å². The fourth-order valence-electron chi connectivity index (χ4n) is 9.76. The van der Waals surface area contributed by atoms with E-state index in [4.69, 9.17) is 14.2 Å². The zero-order valence-electron chi connectivity index (χ0n) is 47.5. The van der Waals surface area contributed by atoms with Crippen LogP contribution >= 0.6 is 0 Å². The van der Waals surface area contributed by atoms with E-state index in [1.54, 1.807) is 0 Å². The van der Waals surface area contributed by atoms with E-state index in [1.165, 1.54) is 244 Å². The Balaban J connectivity index is 4.26. The Bertz CT molecular complexity index is 1060. The second-order valence-corrected chi connectivity index (χ2v) is 22.6. The summed E-state index contributed by atoms with van der Waals surface area (Å²) in [7, 11) is 0. The third-order valence-corrected chi connectivity index (χ3v) is 14.5. The zero-order chi connectivity index (χ0) is 50.4. The first-order valence-corrected chi connectivity index (χ1v) is 31.2. The normalized spacial score (nSPS) is 12.0. The Morgan fingerprint density at radius 2 is 0.478 bits per heavy atom. The second-order valence-electron chi connectivity index (χ2n) is 22.6. The first kappa shape index (κ1) is 67.4. The van der Waals surface area contributed by atoms with Crippen molar-refractivity contribution in [1.82, 2.24) is 0 Å². The number of hydrogen-bond donors (Lipinski definition) is 0. The molecule has 0 aliphatic heterocycles. The lowest BCUT2D eigenvalue weighted by atomic mass is 10.0. The van der Waals surface area contributed by atoms with Gasteiger partial charge in [0, 0.05) is 19.3 Å². The molecule has 6 nitrogen and oxygen atoms in total. The summed E-state index contributed by atoms with van der Waals surface area (Å²) in [5, 5.41) is 0. The molecular weight excluding hydrogens is 853 g/mol. The third kappa shape index (κ3) is 57.2. The summed E-state index contributed by atoms with van der Waals surface area (Å²) in [4.78, 5) is 38.2. The quantitative estimate of drug-likeness (QED) is 0.0343. The monoisotopic (exact) mass is 975 g/mol. The van der Waals surface area contributed by atoms with Gasteiger partial charge in [-0.3, -0.25) is 14.4 Å². The molecule has 0 bridgehead atoms. The number of rotatable bonds is 57. The van der Waals surface area contributed by atoms with Gasteiger partial charge in [-0.2, -0.15) is 0 Å². The summed E-state index contributed by atoms with van der Waals surface area (Å²) in [6.45, 7) is 11.4. The molecule has 0 rings (SSSR count). The lowest BCUT2D eigenvalue weighted by molar-refractivity contribution is -0.167. The Morgan fingerprint density at radius 1 is 0.275 bits per heavy atom. The maximum Gasteiger partial charge on any atom is 0.306 e. The molecule has 6 heteroatoms. The molecule has 0 radical (unpaired) electrons. The molecule has 1 atom stereocenters. The molecule has 0 aromatic rings. The fraction of sp³-hybridized carbons (Fsp3) is 0.952. The minimum Gasteiger partial charge on any atom is -0.462 e. The number of hydrogen-bond acceptors (Lipinski definition) is 6. The molecule has 0 saturated carbocycles. The average Bonchev–Trinajstić information content (AvgIpc) is 3.32. The number of ether oxygens (including phenoxy) is 3. The van der Waals surface area contributed by atoms with Gasteiger partial charge in [-0.05, 0) is 31.1 Å². The van der Waals surface area contributed by atoms with Crippen LogP contribution in [-0.4, -0.2) is 37.2 Å². The number of unbranched alkanes of at least 4 members (excludes halogenated alkanes) is 42. The summed E-state index contributed by atoms with van der Waals surface area (Å²) in [6.07, 6.45) is 61.0. The Labute approximate surface area is 431 Å². The lowest BCUT2D eigenvalue weighted by Gasteiger charge is -2.18. The third-order valence-electron chi connectivity index (χ3n) is 14.5. The van der Waals surface area contributed by atoms with Crippen molar-refractivity contribution in [2.75, 3.05) is 13.2 Å². The van der Waals surface area contributed by atoms with Gasteiger partial charge in [0.05, 0.1) is 0 Å². The molecule has 0 heterocycles. The molecule has 0 fully saturated rings. The first-order valence-electron chi connectivity index (χ1n) is 31.2. The van der Waals surface area contributed by atoms with Crippen molar-refractivity contribution in [2.45, 2.75) is 362 Å². The SMILES string of the molecule is CCCCCCCCCCCCCCCCCCCCCC(=O)O[C@H](COC(=O)CCCCCCCCCCCCCCCCCCC(C)C)COC(=O)CCCCCCCCCCCCC(C)C. The van der Waals surface area contributed by atoms with Gasteiger partial charge >= 0.3 is 17.9 Å². The summed E-state index contributed by atoms with van der Waals surface area (Å²) in [6, 6.07) is 0. The van der Waals surface area contributed by atoms with E-state index in [0.29, 0.717) is 19.3 Å². The van der Waals surface area contributed by atoms with Crippen molar-refractivity contribution in [3.05, 3.63) is 0 Å². The predicted molar refractivity (Wildman–Crippen MR) is 298 cm³/mol. The fourth-order valence-corrected chi connectivity index (χ4v) is 9.76. The number of esters is 3. The van der Waals surface area contributed by atoms with Gasteiger partial charge in [-0.25, -0.2) is 0 Å². The zero-order valence-corrected chi connectivity index (χ0v) is 47.5. The highest BCUT2D eigenvalue weighted by atomic mass is 16.6. The molecule has 0 saturated heterocycles. The summed E-state index contributed by atoms with van der Waals surface area (Å²) >= 11 is 0. The van der Waals surface area contributed by atoms with Gasteiger partial charge < -0.3 is 14.2 Å². The Kier molecular flexibility index (Phi) is 54.4. The molecule has 0 aromatic carbocycles. The van der Waals surface area contributed by atoms with Crippen molar-refractivity contribution in [1.29, 1.82) is 0 Å². The van der Waals surface area contributed by atoms with E-state index in [-0.39, 0.29) is 31.1 Å². The molecule has 0 aliphatic rings. The summed E-state index contributed by atoms with van der Waals surface area (Å²) in [5.74, 6) is 0.837. The first-order chi connectivity index (χ1) is 33.7. The van der Waals surface area contributed by atoms with Gasteiger partial charge in [0.2, 0.25) is 0 Å². The summed E-state index contributed by atoms with van der Waals surface area (Å²) < 4.78 is 16.9. The molecule has 0 unspecified atom stereocenters. The van der Waals surface area contributed by atoms with Crippen LogP contribution in [0.15, 0.2) is 0 Å². The second kappa shape index (κ2) is 55.7. The molecule has 0 spiro atoms. The van der Waals surface area contributed by atoms with Gasteiger partial charge in [-0.15, -0.1) is 0 Å². The van der Waals surface area contributed by atoms with Crippen molar-refractivity contribution in [3.8, 4) is 0 Å². The van der Waals surface area contributed by atoms with Crippen LogP contribution in [0.25, 0.3) is 0 Å². The molecule has 0 aromatic heterocycles. The van der Waals surface area contributed by atoms with Crippen LogP contribution in [-0.2, 0) is 28.6 Å². The lowest BCUT2D eigenvalue weighted by Crippen LogP contribution is -2.30. The smallest absolute Gasteiger partial charge is 0.306 e. The van der Waals surface area contributed by atoms with Crippen molar-refractivity contribution in [2.24, 2.45) is 11.8 Å². The Hall–Kier alpha value is -1.59. The highest BCUT2D eigenvalue weighted by Crippen LogP contribution is 2.19. The van der Waals surface area contributed by atoms with Crippen LogP contribution in [0, 0.1) is 11.8 Å². The standard InChI is InChI=1S/C63H122O6/c1-6-7-8-9-10-11-12-13-14-15-16-17-22-25-28-35-40-45-50-55-63(66)69-60(57-68-62(65)54-49-44-39-34-30-29-32-37-42-47-52-59(4)5)56-67-61(64)53-48-43-38-33-27-24-21-19-18-20-23-26-31-36-41-46-51-58(2)3/h58-60H,6-57H2,1-5H3/t60-/m1/s1. The molecular formula is C63H122O6. The summed E-state index contributed by atoms with van der Waals surface area (Å²) in [5.41, 5.74) is 0. The molecule has 0 amide bonds. The highest BCUT2D eigenvalue weighted by molar-refractivity contribution is 5.71. The molecule has 69 heavy (non-hydrogen) atoms. The van der Waals surface area contributed by atoms with E-state index >= 15 is 0 Å². The minimum atomic E-state index is -0.763. The van der Waals surface area contributed by atoms with Crippen molar-refractivity contribution in [3.63, 3.8) is 0 Å². The van der Waals surface area contributed by atoms with Gasteiger partial charge in [0.25, 0.3) is 0 Å². The maximum absolute atomic E-state index is 12.9. The Morgan fingerprint density at radius 3 is 0.710 bits per heavy atom. The predicted octanol–water partition coefficient (Wildman–Crippen LogP) is 20.8. The van der Waals surface area contributed by atoms with Gasteiger partial charge in [-0.1, -0.05) is 317 Å². The number of carbonyl (C=O) groups is 3. The maximum atomic E-state index is 12.9. The number of carbonyl (C=O) groups excluding carboxylic acids is 3. The van der Waals surface area contributed by atoms with E-state index in [9.17, 15) is 14.4 Å². The largest absolute Gasteiger partial charge is 0.462 e. The van der Waals surface area contributed by atoms with E-state index in [0.717, 1.165) is 69.6 Å². The van der Waals surface area contributed by atoms with Crippen LogP contribution in [0.4, 0.5) is 0 Å². The highest BCUT2D eigenvalue weighted by Gasteiger charge is 2.19. The molecule has 0 N–H and O–H groups in total. The van der Waals surface area contributed by atoms with E-state index in [1.807, 2.05) is 0 Å². The minimum absolute atomic E-state index is 0.0623. The van der Waals surface area contributed by atoms with Crippen LogP contribution in [0.1, 0.15) is 356 Å². The van der Waals surface area contributed by atoms with Crippen LogP contribution in [0.2, 0.25) is 0 Å².